The molecule has 21 nitrogen and oxygen atoms in total. The molecule has 2 aliphatic rings. The van der Waals surface area contributed by atoms with Gasteiger partial charge in [0.05, 0.1) is 41.4 Å². The van der Waals surface area contributed by atoms with E-state index >= 15 is 0 Å². The molecule has 6 N–H and O–H groups in total. The molecule has 1 aliphatic carbocycles. The van der Waals surface area contributed by atoms with Gasteiger partial charge in [-0.1, -0.05) is 17.3 Å². The molecular formula is C53H70N11O10+. The van der Waals surface area contributed by atoms with E-state index in [9.17, 15) is 20.1 Å². The molecule has 0 spiro atoms. The standard InChI is InChI=1S/C53H70N11O10/c1-30-47(45-32(3)61-73-34(45)5)57-51(59-49(30)56-38-13-14-40(65)24-38)37-21-39(25-44(23-37)72-29-42(67)27-55-8)64-33(4)46(35(6)74-64)48-31(2)52(62-15-17-63(18-16-62)53(68)70-20-19-69-9)60-50(58-48)36-11-10-12-43(22-36)71-28-41(66)26-54-7/h10-12,21-23,25,38,40-42,54-55,65-67H,13-20,24,26-29H2,1-9H3,(H,56,57,59)/q+1. The van der Waals surface area contributed by atoms with Gasteiger partial charge in [-0.25, -0.2) is 29.3 Å². The van der Waals surface area contributed by atoms with Crippen molar-refractivity contribution in [2.24, 2.45) is 0 Å². The van der Waals surface area contributed by atoms with Crippen LogP contribution in [-0.4, -0.2) is 163 Å². The third kappa shape index (κ3) is 12.3. The van der Waals surface area contributed by atoms with Crippen molar-refractivity contribution in [3.05, 3.63) is 76.5 Å². The smallest absolute Gasteiger partial charge is 0.409 e. The number of aliphatic hydroxyl groups excluding tert-OH is 3. The van der Waals surface area contributed by atoms with Crippen LogP contribution in [0.1, 0.15) is 53.3 Å². The number of methoxy groups -OCH3 is 1. The third-order valence-electron chi connectivity index (χ3n) is 13.4. The predicted molar refractivity (Wildman–Crippen MR) is 277 cm³/mol. The summed E-state index contributed by atoms with van der Waals surface area (Å²) in [5.41, 5.74) is 7.73. The molecule has 5 heterocycles. The maximum atomic E-state index is 12.9. The molecule has 2 aromatic carbocycles. The number of piperazine rings is 1. The molecule has 396 valence electrons. The number of anilines is 2. The molecule has 0 radical (unpaired) electrons. The molecule has 1 aliphatic heterocycles. The summed E-state index contributed by atoms with van der Waals surface area (Å²) < 4.78 is 36.9. The number of rotatable bonds is 21. The van der Waals surface area contributed by atoms with Gasteiger partial charge in [0.1, 0.15) is 66.5 Å². The van der Waals surface area contributed by atoms with Crippen molar-refractivity contribution in [3.63, 3.8) is 0 Å². The molecule has 8 rings (SSSR count). The van der Waals surface area contributed by atoms with Crippen LogP contribution in [0.3, 0.4) is 0 Å². The fourth-order valence-electron chi connectivity index (χ4n) is 9.53. The Labute approximate surface area is 431 Å². The van der Waals surface area contributed by atoms with Crippen molar-refractivity contribution in [1.29, 1.82) is 0 Å². The van der Waals surface area contributed by atoms with Crippen LogP contribution in [0.5, 0.6) is 11.5 Å². The highest BCUT2D eigenvalue weighted by Gasteiger charge is 2.33. The number of aromatic nitrogens is 6. The van der Waals surface area contributed by atoms with Crippen molar-refractivity contribution in [1.82, 2.24) is 40.6 Å². The average molecular weight is 1020 g/mol. The van der Waals surface area contributed by atoms with Gasteiger partial charge >= 0.3 is 6.09 Å². The zero-order valence-corrected chi connectivity index (χ0v) is 43.8. The number of aryl methyl sites for hydroxylation is 3. The second kappa shape index (κ2) is 24.1. The highest BCUT2D eigenvalue weighted by Crippen LogP contribution is 2.38. The van der Waals surface area contributed by atoms with Crippen LogP contribution in [0.2, 0.25) is 0 Å². The topological polar surface area (TPSA) is 252 Å². The van der Waals surface area contributed by atoms with E-state index in [2.05, 4.69) is 26.0 Å². The van der Waals surface area contributed by atoms with Gasteiger partial charge in [-0.3, -0.25) is 0 Å². The number of hydrogen-bond donors (Lipinski definition) is 6. The summed E-state index contributed by atoms with van der Waals surface area (Å²) in [5.74, 6) is 4.34. The number of nitrogens with one attached hydrogen (secondary N) is 3. The zero-order valence-electron chi connectivity index (χ0n) is 43.8. The van der Waals surface area contributed by atoms with Gasteiger partial charge in [0, 0.05) is 99.3 Å². The van der Waals surface area contributed by atoms with Gasteiger partial charge in [0.15, 0.2) is 17.4 Å². The van der Waals surface area contributed by atoms with Gasteiger partial charge in [0.2, 0.25) is 5.69 Å². The molecule has 1 saturated heterocycles. The van der Waals surface area contributed by atoms with E-state index in [1.807, 2.05) is 84.0 Å². The van der Waals surface area contributed by atoms with Crippen molar-refractivity contribution in [2.75, 3.05) is 97.1 Å². The quantitative estimate of drug-likeness (QED) is 0.0419. The van der Waals surface area contributed by atoms with E-state index in [0.29, 0.717) is 139 Å². The molecule has 74 heavy (non-hydrogen) atoms. The summed E-state index contributed by atoms with van der Waals surface area (Å²) in [4.78, 5) is 37.6. The Morgan fingerprint density at radius 3 is 2.12 bits per heavy atom. The molecule has 4 unspecified atom stereocenters. The van der Waals surface area contributed by atoms with Crippen molar-refractivity contribution >= 4 is 17.7 Å². The minimum atomic E-state index is -0.794. The minimum Gasteiger partial charge on any atom is -0.491 e. The molecule has 4 atom stereocenters. The summed E-state index contributed by atoms with van der Waals surface area (Å²) in [6.45, 7) is 14.6. The summed E-state index contributed by atoms with van der Waals surface area (Å²) in [5, 5.41) is 45.5. The molecule has 4 aromatic heterocycles. The van der Waals surface area contributed by atoms with Crippen molar-refractivity contribution in [3.8, 4) is 62.5 Å². The average Bonchev–Trinajstić information content (AvgIpc) is 4.06. The minimum absolute atomic E-state index is 0.00340. The van der Waals surface area contributed by atoms with Gasteiger partial charge in [-0.15, -0.1) is 0 Å². The van der Waals surface area contributed by atoms with Crippen LogP contribution in [0.4, 0.5) is 16.4 Å². The van der Waals surface area contributed by atoms with Crippen molar-refractivity contribution in [2.45, 2.75) is 85.2 Å². The molecule has 2 fully saturated rings. The number of nitrogens with zero attached hydrogens (tertiary/aromatic N) is 8. The Morgan fingerprint density at radius 1 is 0.797 bits per heavy atom. The van der Waals surface area contributed by atoms with E-state index in [0.717, 1.165) is 34.4 Å². The van der Waals surface area contributed by atoms with E-state index in [-0.39, 0.29) is 25.9 Å². The summed E-state index contributed by atoms with van der Waals surface area (Å²) >= 11 is 0. The highest BCUT2D eigenvalue weighted by atomic mass is 16.6. The Hall–Kier alpha value is -6.75. The van der Waals surface area contributed by atoms with Crippen LogP contribution in [0.25, 0.3) is 51.0 Å². The number of carbonyl (C=O) groups is 1. The normalized spacial score (nSPS) is 16.6. The Balaban J connectivity index is 1.23. The number of benzene rings is 2. The van der Waals surface area contributed by atoms with Gasteiger partial charge in [-0.2, -0.15) is 0 Å². The number of amides is 1. The molecular weight excluding hydrogens is 951 g/mol. The SMILES string of the molecule is CNCC(O)COc1cccc(-c2nc(-c3c(C)o[n+](-c4cc(OCC(O)CNC)cc(-c5nc(NC6CCC(O)C6)c(C)c(-c6c(C)noc6C)n5)c4)c3C)c(C)c(N3CCN(C(=O)OCCOC)CC3)n2)c1. The Kier molecular flexibility index (Phi) is 17.4. The van der Waals surface area contributed by atoms with Gasteiger partial charge in [-0.05, 0) is 79.3 Å². The summed E-state index contributed by atoms with van der Waals surface area (Å²) in [7, 11) is 5.10. The van der Waals surface area contributed by atoms with Gasteiger partial charge in [0.25, 0.3) is 5.69 Å². The van der Waals surface area contributed by atoms with E-state index in [1.54, 1.807) is 30.8 Å². The number of likely N-dealkylation sites (N-methyl/N-ethyl adjacent to an activating group) is 2. The largest absolute Gasteiger partial charge is 0.491 e. The molecule has 1 amide bonds. The first-order chi connectivity index (χ1) is 35.6. The lowest BCUT2D eigenvalue weighted by Crippen LogP contribution is -2.49. The molecule has 6 aromatic rings. The maximum Gasteiger partial charge on any atom is 0.409 e. The fourth-order valence-corrected chi connectivity index (χ4v) is 9.53. The van der Waals surface area contributed by atoms with Crippen LogP contribution in [0.15, 0.2) is 51.5 Å². The lowest BCUT2D eigenvalue weighted by Gasteiger charge is -2.35. The zero-order chi connectivity index (χ0) is 52.6. The van der Waals surface area contributed by atoms with Crippen LogP contribution in [-0.2, 0) is 9.47 Å². The molecule has 1 saturated carbocycles. The summed E-state index contributed by atoms with van der Waals surface area (Å²) in [6, 6.07) is 13.1. The van der Waals surface area contributed by atoms with E-state index in [1.165, 1.54) is 0 Å². The Bertz CT molecular complexity index is 2880. The number of ether oxygens (including phenoxy) is 4. The van der Waals surface area contributed by atoms with Crippen LogP contribution < -0.4 is 35.1 Å². The number of aliphatic hydroxyl groups is 3. The van der Waals surface area contributed by atoms with E-state index in [4.69, 9.17) is 47.9 Å². The van der Waals surface area contributed by atoms with Crippen LogP contribution >= 0.6 is 0 Å². The predicted octanol–water partition coefficient (Wildman–Crippen LogP) is 4.79. The monoisotopic (exact) mass is 1020 g/mol. The summed E-state index contributed by atoms with van der Waals surface area (Å²) in [6.07, 6.45) is -0.200. The van der Waals surface area contributed by atoms with Gasteiger partial charge < -0.3 is 64.5 Å². The fraction of sp³-hybridized carbons (Fsp3) is 0.491. The molecule has 0 bridgehead atoms. The lowest BCUT2D eigenvalue weighted by molar-refractivity contribution is -0.789. The highest BCUT2D eigenvalue weighted by molar-refractivity contribution is 5.77. The van der Waals surface area contributed by atoms with Crippen LogP contribution in [0, 0.1) is 41.5 Å². The first kappa shape index (κ1) is 53.5. The molecule has 21 heteroatoms. The second-order valence-electron chi connectivity index (χ2n) is 19.0. The first-order valence-corrected chi connectivity index (χ1v) is 25.2. The second-order valence-corrected chi connectivity index (χ2v) is 19.0. The third-order valence-corrected chi connectivity index (χ3v) is 13.4. The Morgan fingerprint density at radius 2 is 1.47 bits per heavy atom. The number of hydrogen-bond acceptors (Lipinski definition) is 19. The maximum absolute atomic E-state index is 12.9. The van der Waals surface area contributed by atoms with E-state index < -0.39 is 24.4 Å². The number of carbonyl (C=O) groups excluding carboxylic acids is 1. The lowest BCUT2D eigenvalue weighted by atomic mass is 10.0. The van der Waals surface area contributed by atoms with Crippen molar-refractivity contribution < 1.29 is 52.8 Å². The first-order valence-electron chi connectivity index (χ1n) is 25.2.